The number of nitrogens with one attached hydrogen (secondary N) is 2. The highest BCUT2D eigenvalue weighted by Crippen LogP contribution is 2.31. The van der Waals surface area contributed by atoms with Crippen molar-refractivity contribution in [3.8, 4) is 12.1 Å². The first kappa shape index (κ1) is 26.4. The zero-order chi connectivity index (χ0) is 27.3. The molecule has 0 bridgehead atoms. The Labute approximate surface area is 220 Å². The highest BCUT2D eigenvalue weighted by Gasteiger charge is 2.47. The first-order valence-corrected chi connectivity index (χ1v) is 12.3. The van der Waals surface area contributed by atoms with Gasteiger partial charge in [-0.05, 0) is 42.0 Å². The largest absolute Gasteiger partial charge is 0.342 e. The second kappa shape index (κ2) is 11.2. The number of carbonyl (C=O) groups is 3. The number of hydrogen-bond acceptors (Lipinski definition) is 7. The number of rotatable bonds is 7. The Hall–Kier alpha value is -4.68. The summed E-state index contributed by atoms with van der Waals surface area (Å²) in [6, 6.07) is 15.8. The number of halogens is 2. The first-order valence-electron chi connectivity index (χ1n) is 11.4. The van der Waals surface area contributed by atoms with E-state index in [1.165, 1.54) is 16.7 Å². The van der Waals surface area contributed by atoms with Crippen LogP contribution in [0.25, 0.3) is 0 Å². The van der Waals surface area contributed by atoms with Gasteiger partial charge in [0.2, 0.25) is 5.91 Å². The molecule has 0 unspecified atom stereocenters. The number of anilines is 1. The van der Waals surface area contributed by atoms with E-state index in [4.69, 9.17) is 10.5 Å². The predicted octanol–water partition coefficient (Wildman–Crippen LogP) is 3.35. The molecule has 1 saturated heterocycles. The topological polar surface area (TPSA) is 139 Å². The van der Waals surface area contributed by atoms with Crippen molar-refractivity contribution < 1.29 is 23.2 Å². The van der Waals surface area contributed by atoms with E-state index in [0.717, 1.165) is 10.5 Å². The molecule has 2 N–H and O–H groups in total. The summed E-state index contributed by atoms with van der Waals surface area (Å²) in [5.41, 5.74) is 2.44. The average Bonchev–Trinajstić information content (AvgIpc) is 3.51. The van der Waals surface area contributed by atoms with Crippen molar-refractivity contribution in [2.45, 2.75) is 24.8 Å². The van der Waals surface area contributed by atoms with Crippen molar-refractivity contribution in [1.82, 2.24) is 15.2 Å². The van der Waals surface area contributed by atoms with Gasteiger partial charge in [-0.25, -0.2) is 13.8 Å². The molecule has 0 aliphatic carbocycles. The van der Waals surface area contributed by atoms with E-state index in [1.807, 2.05) is 6.07 Å². The molecule has 2 heterocycles. The number of alkyl halides is 2. The van der Waals surface area contributed by atoms with Crippen molar-refractivity contribution >= 4 is 34.7 Å². The lowest BCUT2D eigenvalue weighted by molar-refractivity contribution is -0.131. The van der Waals surface area contributed by atoms with Gasteiger partial charge in [-0.3, -0.25) is 14.4 Å². The van der Waals surface area contributed by atoms with Gasteiger partial charge in [0.1, 0.15) is 11.7 Å². The molecule has 3 amide bonds. The van der Waals surface area contributed by atoms with Gasteiger partial charge in [0, 0.05) is 29.5 Å². The lowest BCUT2D eigenvalue weighted by Crippen LogP contribution is -2.43. The summed E-state index contributed by atoms with van der Waals surface area (Å²) < 4.78 is 27.1. The summed E-state index contributed by atoms with van der Waals surface area (Å²) in [5.74, 6) is -4.82. The fraction of sp³-hybridized carbons (Fsp3) is 0.231. The van der Waals surface area contributed by atoms with E-state index in [-0.39, 0.29) is 11.6 Å². The maximum absolute atomic E-state index is 13.5. The minimum Gasteiger partial charge on any atom is -0.342 e. The van der Waals surface area contributed by atoms with Crippen LogP contribution in [0.3, 0.4) is 0 Å². The average molecular weight is 535 g/mol. The molecule has 0 spiro atoms. The standard InChI is InChI=1S/C26H20F2N6O3S/c27-26(28)10-20(12-30)34(15-26)23(35)13-31-25(37)21-14-38-22(33-21)9-16-1-5-18(6-2-16)24(36)32-19-7-3-17(11-29)4-8-19/h1-8,14,20H,9-10,13,15H2,(H,31,37)(H,32,36)/t20-/m0/s1. The van der Waals surface area contributed by atoms with Crippen LogP contribution >= 0.6 is 11.3 Å². The van der Waals surface area contributed by atoms with Gasteiger partial charge < -0.3 is 15.5 Å². The van der Waals surface area contributed by atoms with Gasteiger partial charge in [0.25, 0.3) is 17.7 Å². The number of thiazole rings is 1. The number of carbonyl (C=O) groups excluding carboxylic acids is 3. The zero-order valence-electron chi connectivity index (χ0n) is 19.8. The van der Waals surface area contributed by atoms with E-state index in [2.05, 4.69) is 15.6 Å². The van der Waals surface area contributed by atoms with E-state index >= 15 is 0 Å². The van der Waals surface area contributed by atoms with E-state index in [9.17, 15) is 23.2 Å². The van der Waals surface area contributed by atoms with Gasteiger partial charge in [0.15, 0.2) is 0 Å². The minimum absolute atomic E-state index is 0.0831. The highest BCUT2D eigenvalue weighted by molar-refractivity contribution is 7.09. The summed E-state index contributed by atoms with van der Waals surface area (Å²) in [7, 11) is 0. The van der Waals surface area contributed by atoms with Crippen LogP contribution in [0.2, 0.25) is 0 Å². The summed E-state index contributed by atoms with van der Waals surface area (Å²) >= 11 is 1.24. The first-order chi connectivity index (χ1) is 18.2. The zero-order valence-corrected chi connectivity index (χ0v) is 20.6. The molecule has 12 heteroatoms. The Kier molecular flexibility index (Phi) is 7.74. The molecule has 192 valence electrons. The number of aromatic nitrogens is 1. The molecule has 1 atom stereocenters. The van der Waals surface area contributed by atoms with Crippen LogP contribution in [0.5, 0.6) is 0 Å². The molecule has 4 rings (SSSR count). The highest BCUT2D eigenvalue weighted by atomic mass is 32.1. The molecule has 38 heavy (non-hydrogen) atoms. The molecule has 2 aromatic carbocycles. The monoisotopic (exact) mass is 534 g/mol. The lowest BCUT2D eigenvalue weighted by Gasteiger charge is -2.19. The molecule has 1 fully saturated rings. The fourth-order valence-corrected chi connectivity index (χ4v) is 4.63. The summed E-state index contributed by atoms with van der Waals surface area (Å²) in [6.07, 6.45) is -0.317. The van der Waals surface area contributed by atoms with Gasteiger partial charge in [-0.15, -0.1) is 11.3 Å². The van der Waals surface area contributed by atoms with Crippen LogP contribution < -0.4 is 10.6 Å². The third-order valence-electron chi connectivity index (χ3n) is 5.77. The van der Waals surface area contributed by atoms with E-state index in [1.54, 1.807) is 54.6 Å². The van der Waals surface area contributed by atoms with E-state index < -0.39 is 43.3 Å². The molecular formula is C26H20F2N6O3S. The van der Waals surface area contributed by atoms with Gasteiger partial charge in [0.05, 0.1) is 35.8 Å². The number of nitriles is 2. The maximum Gasteiger partial charge on any atom is 0.271 e. The smallest absolute Gasteiger partial charge is 0.271 e. The third-order valence-corrected chi connectivity index (χ3v) is 6.62. The number of hydrogen-bond donors (Lipinski definition) is 2. The Morgan fingerprint density at radius 2 is 1.79 bits per heavy atom. The minimum atomic E-state index is -3.13. The number of nitrogens with zero attached hydrogens (tertiary/aromatic N) is 4. The van der Waals surface area contributed by atoms with Crippen LogP contribution in [0.15, 0.2) is 53.9 Å². The predicted molar refractivity (Wildman–Crippen MR) is 133 cm³/mol. The van der Waals surface area contributed by atoms with Crippen molar-refractivity contribution in [3.05, 3.63) is 81.3 Å². The number of amides is 3. The summed E-state index contributed by atoms with van der Waals surface area (Å²) in [6.45, 7) is -1.37. The molecule has 0 saturated carbocycles. The van der Waals surface area contributed by atoms with Crippen molar-refractivity contribution in [2.75, 3.05) is 18.4 Å². The van der Waals surface area contributed by atoms with Crippen LogP contribution in [0.1, 0.15) is 43.4 Å². The number of likely N-dealkylation sites (tertiary alicyclic amines) is 1. The van der Waals surface area contributed by atoms with Crippen LogP contribution in [0, 0.1) is 22.7 Å². The summed E-state index contributed by atoms with van der Waals surface area (Å²) in [4.78, 5) is 42.2. The second-order valence-electron chi connectivity index (χ2n) is 8.55. The quantitative estimate of drug-likeness (QED) is 0.477. The molecule has 1 aromatic heterocycles. The third kappa shape index (κ3) is 6.35. The molecule has 0 radical (unpaired) electrons. The van der Waals surface area contributed by atoms with Gasteiger partial charge in [-0.2, -0.15) is 10.5 Å². The lowest BCUT2D eigenvalue weighted by atomic mass is 10.1. The Balaban J connectivity index is 1.29. The molecule has 3 aromatic rings. The van der Waals surface area contributed by atoms with Crippen molar-refractivity contribution in [3.63, 3.8) is 0 Å². The van der Waals surface area contributed by atoms with Crippen LogP contribution in [0.4, 0.5) is 14.5 Å². The van der Waals surface area contributed by atoms with Crippen molar-refractivity contribution in [2.24, 2.45) is 0 Å². The molecular weight excluding hydrogens is 514 g/mol. The maximum atomic E-state index is 13.5. The van der Waals surface area contributed by atoms with Gasteiger partial charge in [-0.1, -0.05) is 12.1 Å². The Morgan fingerprint density at radius 3 is 2.45 bits per heavy atom. The van der Waals surface area contributed by atoms with Crippen LogP contribution in [-0.2, 0) is 11.2 Å². The molecule has 1 aliphatic heterocycles. The normalized spacial score (nSPS) is 15.8. The molecule has 1 aliphatic rings. The van der Waals surface area contributed by atoms with Gasteiger partial charge >= 0.3 is 0 Å². The Morgan fingerprint density at radius 1 is 1.08 bits per heavy atom. The molecule has 9 nitrogen and oxygen atoms in total. The SMILES string of the molecule is N#Cc1ccc(NC(=O)c2ccc(Cc3nc(C(=O)NCC(=O)N4CC(F)(F)C[C@H]4C#N)cs3)cc2)cc1. The second-order valence-corrected chi connectivity index (χ2v) is 9.50. The number of benzene rings is 2. The van der Waals surface area contributed by atoms with E-state index in [0.29, 0.717) is 28.2 Å². The van der Waals surface area contributed by atoms with Crippen LogP contribution in [-0.4, -0.2) is 52.7 Å². The van der Waals surface area contributed by atoms with Crippen molar-refractivity contribution in [1.29, 1.82) is 10.5 Å². The Bertz CT molecular complexity index is 1440. The summed E-state index contributed by atoms with van der Waals surface area (Å²) in [5, 5.41) is 25.1. The fourth-order valence-electron chi connectivity index (χ4n) is 3.82.